The third kappa shape index (κ3) is 2.66. The number of carbonyl (C=O) groups is 1. The molecule has 0 bridgehead atoms. The zero-order valence-corrected chi connectivity index (χ0v) is 13.9. The summed E-state index contributed by atoms with van der Waals surface area (Å²) in [6.45, 7) is 1.88. The van der Waals surface area contributed by atoms with E-state index in [9.17, 15) is 4.79 Å². The number of aromatic nitrogens is 3. The lowest BCUT2D eigenvalue weighted by molar-refractivity contribution is 0.0969. The van der Waals surface area contributed by atoms with Gasteiger partial charge >= 0.3 is 0 Å². The van der Waals surface area contributed by atoms with Crippen LogP contribution in [0.4, 0.5) is 0 Å². The van der Waals surface area contributed by atoms with Gasteiger partial charge in [0.2, 0.25) is 5.89 Å². The highest BCUT2D eigenvalue weighted by Crippen LogP contribution is 2.35. The molecule has 5 rings (SSSR count). The number of hydrogen-bond acceptors (Lipinski definition) is 5. The smallest absolute Gasteiger partial charge is 0.246 e. The summed E-state index contributed by atoms with van der Waals surface area (Å²) in [6, 6.07) is 8.00. The molecule has 1 aliphatic heterocycles. The molecule has 0 spiro atoms. The molecule has 6 heteroatoms. The van der Waals surface area contributed by atoms with Crippen LogP contribution < -0.4 is 0 Å². The third-order valence-corrected chi connectivity index (χ3v) is 5.09. The number of benzene rings is 1. The lowest BCUT2D eigenvalue weighted by atomic mass is 10.1. The number of nitrogens with zero attached hydrogens (tertiary/aromatic N) is 3. The average Bonchev–Trinajstić information content (AvgIpc) is 3.03. The summed E-state index contributed by atoms with van der Waals surface area (Å²) in [5.74, 6) is 1.97. The van der Waals surface area contributed by atoms with Gasteiger partial charge in [0.25, 0.3) is 0 Å². The molecule has 1 atom stereocenters. The van der Waals surface area contributed by atoms with Crippen LogP contribution in [-0.2, 0) is 11.3 Å². The van der Waals surface area contributed by atoms with Gasteiger partial charge in [-0.05, 0) is 25.3 Å². The first kappa shape index (κ1) is 14.8. The first-order valence-corrected chi connectivity index (χ1v) is 8.82. The highest BCUT2D eigenvalue weighted by molar-refractivity contribution is 6.09. The maximum Gasteiger partial charge on any atom is 0.246 e. The normalized spacial score (nSPS) is 20.4. The molecular formula is C19H19N3O3. The lowest BCUT2D eigenvalue weighted by Crippen LogP contribution is -2.02. The molecule has 0 unspecified atom stereocenters. The van der Waals surface area contributed by atoms with Gasteiger partial charge in [0, 0.05) is 41.1 Å². The van der Waals surface area contributed by atoms with Crippen molar-refractivity contribution in [3.63, 3.8) is 0 Å². The van der Waals surface area contributed by atoms with Gasteiger partial charge in [-0.1, -0.05) is 23.4 Å². The van der Waals surface area contributed by atoms with Gasteiger partial charge in [0.1, 0.15) is 6.54 Å². The minimum absolute atomic E-state index is 0.205. The molecule has 128 valence electrons. The van der Waals surface area contributed by atoms with Crippen molar-refractivity contribution < 1.29 is 14.1 Å². The standard InChI is InChI=1S/C19H19N3O3/c23-18(12-5-6-12)15-9-22(16-4-2-1-3-14(15)16)10-17-20-19(21-25-17)13-7-8-24-11-13/h1-4,9,12-13H,5-8,10-11H2/t13-/m1/s1. The molecule has 3 heterocycles. The number of para-hydroxylation sites is 1. The molecule has 2 aliphatic rings. The van der Waals surface area contributed by atoms with Crippen LogP contribution in [-0.4, -0.2) is 33.7 Å². The van der Waals surface area contributed by atoms with E-state index >= 15 is 0 Å². The van der Waals surface area contributed by atoms with Crippen molar-refractivity contribution in [3.05, 3.63) is 47.7 Å². The Morgan fingerprint density at radius 2 is 2.12 bits per heavy atom. The van der Waals surface area contributed by atoms with Crippen molar-refractivity contribution in [1.29, 1.82) is 0 Å². The van der Waals surface area contributed by atoms with E-state index in [4.69, 9.17) is 9.26 Å². The van der Waals surface area contributed by atoms with E-state index in [1.807, 2.05) is 35.0 Å². The third-order valence-electron chi connectivity index (χ3n) is 5.09. The van der Waals surface area contributed by atoms with Crippen LogP contribution in [0.3, 0.4) is 0 Å². The zero-order valence-electron chi connectivity index (χ0n) is 13.9. The second-order valence-electron chi connectivity index (χ2n) is 6.93. The van der Waals surface area contributed by atoms with E-state index in [1.54, 1.807) is 0 Å². The fraction of sp³-hybridized carbons (Fsp3) is 0.421. The lowest BCUT2D eigenvalue weighted by Gasteiger charge is -2.01. The van der Waals surface area contributed by atoms with Gasteiger partial charge in [0.15, 0.2) is 11.6 Å². The zero-order chi connectivity index (χ0) is 16.8. The molecular weight excluding hydrogens is 318 g/mol. The van der Waals surface area contributed by atoms with Crippen LogP contribution >= 0.6 is 0 Å². The van der Waals surface area contributed by atoms with Crippen LogP contribution in [0.5, 0.6) is 0 Å². The number of rotatable bonds is 5. The summed E-state index contributed by atoms with van der Waals surface area (Å²) in [6.07, 6.45) is 4.89. The van der Waals surface area contributed by atoms with Gasteiger partial charge in [-0.15, -0.1) is 0 Å². The first-order chi connectivity index (χ1) is 12.3. The molecule has 1 saturated carbocycles. The van der Waals surface area contributed by atoms with E-state index in [-0.39, 0.29) is 17.6 Å². The number of carbonyl (C=O) groups excluding carboxylic acids is 1. The van der Waals surface area contributed by atoms with Gasteiger partial charge in [-0.25, -0.2) is 0 Å². The molecule has 2 aromatic heterocycles. The maximum atomic E-state index is 12.6. The summed E-state index contributed by atoms with van der Waals surface area (Å²) < 4.78 is 12.9. The molecule has 1 aliphatic carbocycles. The Hall–Kier alpha value is -2.47. The van der Waals surface area contributed by atoms with E-state index < -0.39 is 0 Å². The van der Waals surface area contributed by atoms with Gasteiger partial charge in [-0.3, -0.25) is 4.79 Å². The van der Waals surface area contributed by atoms with E-state index in [2.05, 4.69) is 10.1 Å². The monoisotopic (exact) mass is 337 g/mol. The molecule has 0 radical (unpaired) electrons. The number of hydrogen-bond donors (Lipinski definition) is 0. The number of ether oxygens (including phenoxy) is 1. The van der Waals surface area contributed by atoms with Gasteiger partial charge in [0.05, 0.1) is 6.61 Å². The SMILES string of the molecule is O=C(c1cn(Cc2nc([C@@H]3CCOC3)no2)c2ccccc12)C1CC1. The van der Waals surface area contributed by atoms with Crippen molar-refractivity contribution in [2.45, 2.75) is 31.7 Å². The second-order valence-corrected chi connectivity index (χ2v) is 6.93. The summed E-state index contributed by atoms with van der Waals surface area (Å²) in [7, 11) is 0. The predicted octanol–water partition coefficient (Wildman–Crippen LogP) is 3.17. The van der Waals surface area contributed by atoms with Crippen molar-refractivity contribution in [1.82, 2.24) is 14.7 Å². The van der Waals surface area contributed by atoms with Crippen LogP contribution in [0.25, 0.3) is 10.9 Å². The number of Topliss-reactive ketones (excluding diaryl/α,β-unsaturated/α-hetero) is 1. The topological polar surface area (TPSA) is 70.2 Å². The Bertz CT molecular complexity index is 932. The summed E-state index contributed by atoms with van der Waals surface area (Å²) in [4.78, 5) is 17.1. The quantitative estimate of drug-likeness (QED) is 0.669. The van der Waals surface area contributed by atoms with Gasteiger partial charge < -0.3 is 13.8 Å². The highest BCUT2D eigenvalue weighted by atomic mass is 16.5. The van der Waals surface area contributed by atoms with Crippen molar-refractivity contribution >= 4 is 16.7 Å². The maximum absolute atomic E-state index is 12.6. The Balaban J connectivity index is 1.47. The Morgan fingerprint density at radius 1 is 1.24 bits per heavy atom. The largest absolute Gasteiger partial charge is 0.381 e. The van der Waals surface area contributed by atoms with E-state index in [0.717, 1.165) is 48.2 Å². The minimum atomic E-state index is 0.205. The summed E-state index contributed by atoms with van der Waals surface area (Å²) in [5.41, 5.74) is 1.83. The van der Waals surface area contributed by atoms with Crippen molar-refractivity contribution in [2.75, 3.05) is 13.2 Å². The van der Waals surface area contributed by atoms with E-state index in [1.165, 1.54) is 0 Å². The molecule has 1 aromatic carbocycles. The first-order valence-electron chi connectivity index (χ1n) is 8.82. The average molecular weight is 337 g/mol. The summed E-state index contributed by atoms with van der Waals surface area (Å²) in [5, 5.41) is 5.11. The van der Waals surface area contributed by atoms with Crippen LogP contribution in [0.15, 0.2) is 35.0 Å². The molecule has 6 nitrogen and oxygen atoms in total. The fourth-order valence-electron chi connectivity index (χ4n) is 3.52. The van der Waals surface area contributed by atoms with Crippen LogP contribution in [0, 0.1) is 5.92 Å². The number of ketones is 1. The predicted molar refractivity (Wildman–Crippen MR) is 90.6 cm³/mol. The molecule has 25 heavy (non-hydrogen) atoms. The Labute approximate surface area is 144 Å². The molecule has 3 aromatic rings. The summed E-state index contributed by atoms with van der Waals surface area (Å²) >= 11 is 0. The fourth-order valence-corrected chi connectivity index (χ4v) is 3.52. The highest BCUT2D eigenvalue weighted by Gasteiger charge is 2.32. The second kappa shape index (κ2) is 5.81. The Kier molecular flexibility index (Phi) is 3.45. The van der Waals surface area contributed by atoms with Crippen molar-refractivity contribution in [2.24, 2.45) is 5.92 Å². The van der Waals surface area contributed by atoms with Crippen LogP contribution in [0.1, 0.15) is 47.3 Å². The minimum Gasteiger partial charge on any atom is -0.381 e. The molecule has 0 amide bonds. The van der Waals surface area contributed by atoms with E-state index in [0.29, 0.717) is 19.0 Å². The molecule has 0 N–H and O–H groups in total. The molecule has 2 fully saturated rings. The van der Waals surface area contributed by atoms with Crippen molar-refractivity contribution in [3.8, 4) is 0 Å². The van der Waals surface area contributed by atoms with Gasteiger partial charge in [-0.2, -0.15) is 4.98 Å². The Morgan fingerprint density at radius 3 is 2.92 bits per heavy atom. The number of fused-ring (bicyclic) bond motifs is 1. The van der Waals surface area contributed by atoms with Crippen LogP contribution in [0.2, 0.25) is 0 Å². The molecule has 1 saturated heterocycles.